The highest BCUT2D eigenvalue weighted by molar-refractivity contribution is 5.66. The van der Waals surface area contributed by atoms with Crippen molar-refractivity contribution in [1.82, 2.24) is 0 Å². The molecule has 3 N–H and O–H groups in total. The van der Waals surface area contributed by atoms with Crippen LogP contribution in [-0.4, -0.2) is 57.4 Å². The lowest BCUT2D eigenvalue weighted by atomic mass is 9.41. The number of aliphatic hydroxyl groups excluding tert-OH is 2. The minimum atomic E-state index is -1.24. The van der Waals surface area contributed by atoms with E-state index < -0.39 is 29.9 Å². The molecule has 1 aliphatic heterocycles. The van der Waals surface area contributed by atoms with E-state index in [2.05, 4.69) is 34.6 Å². The van der Waals surface area contributed by atoms with Gasteiger partial charge >= 0.3 is 5.97 Å². The van der Waals surface area contributed by atoms with Gasteiger partial charge in [0.2, 0.25) is 0 Å². The number of esters is 1. The molecule has 1 heterocycles. The molecule has 6 fully saturated rings. The van der Waals surface area contributed by atoms with Crippen molar-refractivity contribution >= 4 is 5.97 Å². The Kier molecular flexibility index (Phi) is 5.77. The van der Waals surface area contributed by atoms with E-state index in [1.165, 1.54) is 19.8 Å². The predicted molar refractivity (Wildman–Crippen MR) is 144 cm³/mol. The average molecular weight is 533 g/mol. The zero-order valence-corrected chi connectivity index (χ0v) is 24.9. The van der Waals surface area contributed by atoms with Crippen molar-refractivity contribution in [2.24, 2.45) is 50.7 Å². The summed E-state index contributed by atoms with van der Waals surface area (Å²) in [5, 5.41) is 34.2. The Morgan fingerprint density at radius 1 is 1.00 bits per heavy atom. The van der Waals surface area contributed by atoms with Gasteiger partial charge in [-0.3, -0.25) is 4.79 Å². The van der Waals surface area contributed by atoms with Crippen LogP contribution < -0.4 is 0 Å². The Morgan fingerprint density at radius 3 is 2.26 bits per heavy atom. The molecule has 6 unspecified atom stereocenters. The van der Waals surface area contributed by atoms with Gasteiger partial charge in [0.1, 0.15) is 0 Å². The quantitative estimate of drug-likeness (QED) is 0.449. The van der Waals surface area contributed by atoms with E-state index in [0.29, 0.717) is 23.7 Å². The van der Waals surface area contributed by atoms with Gasteiger partial charge in [-0.1, -0.05) is 34.6 Å². The Labute approximate surface area is 229 Å². The first-order valence-electron chi connectivity index (χ1n) is 15.4. The van der Waals surface area contributed by atoms with Crippen LogP contribution in [0.3, 0.4) is 0 Å². The molecule has 1 saturated heterocycles. The van der Waals surface area contributed by atoms with Crippen LogP contribution in [0.1, 0.15) is 107 Å². The van der Waals surface area contributed by atoms with E-state index in [9.17, 15) is 20.1 Å². The van der Waals surface area contributed by atoms with Gasteiger partial charge in [0, 0.05) is 12.3 Å². The standard InChI is InChI=1S/C32H52O6/c1-17-15-19(26(28(5,6)36)37-18(2)33)38-24-23(17)29(7)13-14-32-16-31(32)12-11-22(34)27(3,4)20(31)9-10-21(32)30(29,8)25(24)35/h17,19-26,34-36H,9-16H2,1-8H3/t17-,19?,20?,21+,22+,23?,24?,25?,26+,29-,30-,31?,32+/m1/s1. The van der Waals surface area contributed by atoms with Gasteiger partial charge in [-0.25, -0.2) is 0 Å². The zero-order valence-electron chi connectivity index (χ0n) is 24.9. The lowest BCUT2D eigenvalue weighted by Gasteiger charge is -2.63. The molecule has 216 valence electrons. The van der Waals surface area contributed by atoms with Crippen molar-refractivity contribution in [3.05, 3.63) is 0 Å². The van der Waals surface area contributed by atoms with Crippen LogP contribution in [0.2, 0.25) is 0 Å². The molecule has 0 radical (unpaired) electrons. The van der Waals surface area contributed by atoms with Gasteiger partial charge in [-0.05, 0) is 111 Å². The maximum atomic E-state index is 12.3. The first kappa shape index (κ1) is 27.5. The van der Waals surface area contributed by atoms with Crippen molar-refractivity contribution in [3.8, 4) is 0 Å². The highest BCUT2D eigenvalue weighted by Gasteiger charge is 2.84. The summed E-state index contributed by atoms with van der Waals surface area (Å²) in [7, 11) is 0. The molecule has 6 nitrogen and oxygen atoms in total. The minimum Gasteiger partial charge on any atom is -0.457 e. The van der Waals surface area contributed by atoms with Crippen LogP contribution in [0, 0.1) is 50.7 Å². The number of carbonyl (C=O) groups excluding carboxylic acids is 1. The third kappa shape index (κ3) is 3.13. The predicted octanol–water partition coefficient (Wildman–Crippen LogP) is 4.86. The molecule has 5 aliphatic carbocycles. The van der Waals surface area contributed by atoms with E-state index >= 15 is 0 Å². The first-order valence-corrected chi connectivity index (χ1v) is 15.4. The van der Waals surface area contributed by atoms with Crippen molar-refractivity contribution in [2.75, 3.05) is 0 Å². The third-order valence-corrected chi connectivity index (χ3v) is 14.1. The molecule has 6 heteroatoms. The number of rotatable bonds is 3. The fourth-order valence-electron chi connectivity index (χ4n) is 12.4. The summed E-state index contributed by atoms with van der Waals surface area (Å²) in [6, 6.07) is 0. The molecule has 5 saturated carbocycles. The van der Waals surface area contributed by atoms with Crippen LogP contribution >= 0.6 is 0 Å². The van der Waals surface area contributed by atoms with E-state index in [1.54, 1.807) is 13.8 Å². The number of aliphatic hydroxyl groups is 3. The lowest BCUT2D eigenvalue weighted by Crippen LogP contribution is -2.59. The second-order valence-corrected chi connectivity index (χ2v) is 16.3. The van der Waals surface area contributed by atoms with Crippen molar-refractivity contribution in [2.45, 2.75) is 143 Å². The van der Waals surface area contributed by atoms with Gasteiger partial charge in [0.05, 0.1) is 30.0 Å². The van der Waals surface area contributed by atoms with Crippen molar-refractivity contribution in [1.29, 1.82) is 0 Å². The summed E-state index contributed by atoms with van der Waals surface area (Å²) in [6.45, 7) is 16.4. The van der Waals surface area contributed by atoms with Crippen molar-refractivity contribution < 1.29 is 29.6 Å². The molecule has 6 rings (SSSR count). The molecule has 6 aliphatic rings. The van der Waals surface area contributed by atoms with Crippen molar-refractivity contribution in [3.63, 3.8) is 0 Å². The van der Waals surface area contributed by atoms with E-state index in [-0.39, 0.29) is 45.7 Å². The molecular formula is C32H52O6. The Morgan fingerprint density at radius 2 is 1.63 bits per heavy atom. The molecule has 13 atom stereocenters. The van der Waals surface area contributed by atoms with Gasteiger partial charge in [-0.15, -0.1) is 0 Å². The normalized spacial score (nSPS) is 55.4. The summed E-state index contributed by atoms with van der Waals surface area (Å²) in [5.74, 6) is 1.09. The van der Waals surface area contributed by atoms with Gasteiger partial charge in [-0.2, -0.15) is 0 Å². The SMILES string of the molecule is CC(=O)O[C@@H](C1C[C@@H](C)C2C(O1)C(O)[C@@]1(C)[C@@H]3CCC4C(C)(C)[C@@H](O)CCC45C[C@@]35CC[C@]21C)C(C)(C)O. The molecule has 0 bridgehead atoms. The highest BCUT2D eigenvalue weighted by Crippen LogP contribution is 2.89. The molecule has 0 aromatic rings. The summed E-state index contributed by atoms with van der Waals surface area (Å²) < 4.78 is 12.4. The number of carbonyl (C=O) groups is 1. The lowest BCUT2D eigenvalue weighted by molar-refractivity contribution is -0.216. The van der Waals surface area contributed by atoms with Crippen LogP contribution in [0.5, 0.6) is 0 Å². The van der Waals surface area contributed by atoms with Crippen LogP contribution in [0.4, 0.5) is 0 Å². The highest BCUT2D eigenvalue weighted by atomic mass is 16.6. The fourth-order valence-corrected chi connectivity index (χ4v) is 12.4. The summed E-state index contributed by atoms with van der Waals surface area (Å²) >= 11 is 0. The topological polar surface area (TPSA) is 96.2 Å². The number of ether oxygens (including phenoxy) is 2. The maximum Gasteiger partial charge on any atom is 0.303 e. The third-order valence-electron chi connectivity index (χ3n) is 14.1. The number of hydrogen-bond donors (Lipinski definition) is 3. The van der Waals surface area contributed by atoms with E-state index in [0.717, 1.165) is 32.1 Å². The monoisotopic (exact) mass is 532 g/mol. The molecular weight excluding hydrogens is 480 g/mol. The summed E-state index contributed by atoms with van der Waals surface area (Å²) in [5.41, 5.74) is -1.01. The van der Waals surface area contributed by atoms with Gasteiger partial charge in [0.25, 0.3) is 0 Å². The van der Waals surface area contributed by atoms with Crippen LogP contribution in [-0.2, 0) is 14.3 Å². The molecule has 38 heavy (non-hydrogen) atoms. The summed E-state index contributed by atoms with van der Waals surface area (Å²) in [4.78, 5) is 11.9. The second kappa shape index (κ2) is 7.98. The van der Waals surface area contributed by atoms with Gasteiger partial charge in [0.15, 0.2) is 6.10 Å². The molecule has 0 aromatic heterocycles. The van der Waals surface area contributed by atoms with Gasteiger partial charge < -0.3 is 24.8 Å². The number of hydrogen-bond acceptors (Lipinski definition) is 6. The largest absolute Gasteiger partial charge is 0.457 e. The maximum absolute atomic E-state index is 12.3. The van der Waals surface area contributed by atoms with Crippen LogP contribution in [0.15, 0.2) is 0 Å². The average Bonchev–Trinajstić information content (AvgIpc) is 3.44. The number of fused-ring (bicyclic) bond motifs is 4. The van der Waals surface area contributed by atoms with Crippen LogP contribution in [0.25, 0.3) is 0 Å². The molecule has 0 amide bonds. The van der Waals surface area contributed by atoms with E-state index in [4.69, 9.17) is 9.47 Å². The first-order chi connectivity index (χ1) is 17.5. The Hall–Kier alpha value is -0.690. The Balaban J connectivity index is 1.35. The molecule has 0 aromatic carbocycles. The zero-order chi connectivity index (χ0) is 27.8. The second-order valence-electron chi connectivity index (χ2n) is 16.3. The smallest absolute Gasteiger partial charge is 0.303 e. The Bertz CT molecular complexity index is 1000. The van der Waals surface area contributed by atoms with E-state index in [1.807, 2.05) is 0 Å². The minimum absolute atomic E-state index is 0.0383. The summed E-state index contributed by atoms with van der Waals surface area (Å²) in [6.07, 6.45) is 6.19. The molecule has 2 spiro atoms. The fraction of sp³-hybridized carbons (Fsp3) is 0.969.